The molecule has 0 bridgehead atoms. The van der Waals surface area contributed by atoms with E-state index in [-0.39, 0.29) is 0 Å². The van der Waals surface area contributed by atoms with Crippen molar-refractivity contribution in [3.8, 4) is 11.6 Å². The molecule has 0 unspecified atom stereocenters. The number of ether oxygens (including phenoxy) is 1. The molecule has 0 aliphatic rings. The quantitative estimate of drug-likeness (QED) is 0.846. The zero-order valence-electron chi connectivity index (χ0n) is 10.5. The number of benzene rings is 1. The normalized spacial score (nSPS) is 10.6. The highest BCUT2D eigenvalue weighted by Crippen LogP contribution is 2.20. The average molecular weight is 246 g/mol. The van der Waals surface area contributed by atoms with Crippen LogP contribution in [0.3, 0.4) is 0 Å². The second-order valence-corrected chi connectivity index (χ2v) is 4.08. The van der Waals surface area contributed by atoms with Gasteiger partial charge in [-0.1, -0.05) is 24.3 Å². The predicted octanol–water partition coefficient (Wildman–Crippen LogP) is 1.98. The molecule has 2 rings (SSSR count). The molecule has 0 saturated carbocycles. The van der Waals surface area contributed by atoms with Crippen LogP contribution >= 0.6 is 0 Å². The van der Waals surface area contributed by atoms with Gasteiger partial charge >= 0.3 is 0 Å². The number of aryl methyl sites for hydroxylation is 1. The van der Waals surface area contributed by atoms with E-state index in [0.29, 0.717) is 12.4 Å². The maximum absolute atomic E-state index is 5.74. The van der Waals surface area contributed by atoms with Crippen molar-refractivity contribution in [1.29, 1.82) is 0 Å². The molecule has 0 amide bonds. The van der Waals surface area contributed by atoms with Crippen molar-refractivity contribution in [2.24, 2.45) is 5.73 Å². The molecule has 1 heterocycles. The largest absolute Gasteiger partial charge is 0.438 e. The Kier molecular flexibility index (Phi) is 4.30. The molecule has 1 aromatic carbocycles. The Morgan fingerprint density at radius 2 is 2.06 bits per heavy atom. The molecule has 1 aromatic heterocycles. The molecule has 5 nitrogen and oxygen atoms in total. The number of nitrogens with two attached hydrogens (primary N) is 1. The zero-order valence-corrected chi connectivity index (χ0v) is 10.5. The van der Waals surface area contributed by atoms with Crippen LogP contribution in [-0.4, -0.2) is 21.5 Å². The summed E-state index contributed by atoms with van der Waals surface area (Å²) in [4.78, 5) is 0. The van der Waals surface area contributed by atoms with Crippen LogP contribution in [0.15, 0.2) is 30.5 Å². The monoisotopic (exact) mass is 246 g/mol. The predicted molar refractivity (Wildman–Crippen MR) is 69.6 cm³/mol. The van der Waals surface area contributed by atoms with Crippen LogP contribution in [0, 0.1) is 0 Å². The summed E-state index contributed by atoms with van der Waals surface area (Å²) in [5.41, 5.74) is 6.72. The second kappa shape index (κ2) is 6.16. The Bertz CT molecular complexity index is 478. The van der Waals surface area contributed by atoms with Gasteiger partial charge in [-0.25, -0.2) is 4.68 Å². The molecule has 0 spiro atoms. The summed E-state index contributed by atoms with van der Waals surface area (Å²) in [6.07, 6.45) is 3.51. The maximum atomic E-state index is 5.74. The minimum Gasteiger partial charge on any atom is -0.438 e. The topological polar surface area (TPSA) is 66.0 Å². The van der Waals surface area contributed by atoms with Gasteiger partial charge in [0.2, 0.25) is 5.88 Å². The zero-order chi connectivity index (χ0) is 12.8. The van der Waals surface area contributed by atoms with Gasteiger partial charge in [-0.15, -0.1) is 5.10 Å². The van der Waals surface area contributed by atoms with Gasteiger partial charge in [-0.2, -0.15) is 0 Å². The van der Waals surface area contributed by atoms with Crippen LogP contribution in [0.1, 0.15) is 18.9 Å². The van der Waals surface area contributed by atoms with Crippen molar-refractivity contribution in [3.63, 3.8) is 0 Å². The molecule has 0 aliphatic heterocycles. The van der Waals surface area contributed by atoms with E-state index in [1.165, 1.54) is 5.56 Å². The van der Waals surface area contributed by atoms with Gasteiger partial charge in [-0.3, -0.25) is 0 Å². The molecule has 5 heteroatoms. The van der Waals surface area contributed by atoms with Gasteiger partial charge in [0.05, 0.1) is 0 Å². The van der Waals surface area contributed by atoms with E-state index in [1.54, 1.807) is 10.9 Å². The minimum absolute atomic E-state index is 0.660. The van der Waals surface area contributed by atoms with Gasteiger partial charge < -0.3 is 10.5 Å². The van der Waals surface area contributed by atoms with Crippen molar-refractivity contribution in [3.05, 3.63) is 36.0 Å². The molecule has 0 fully saturated rings. The fraction of sp³-hybridized carbons (Fsp3) is 0.385. The molecule has 2 aromatic rings. The highest BCUT2D eigenvalue weighted by atomic mass is 16.5. The molecule has 2 N–H and O–H groups in total. The third kappa shape index (κ3) is 3.07. The number of aromatic nitrogens is 3. The Morgan fingerprint density at radius 3 is 2.72 bits per heavy atom. The summed E-state index contributed by atoms with van der Waals surface area (Å²) in [7, 11) is 0. The fourth-order valence-electron chi connectivity index (χ4n) is 1.71. The first kappa shape index (κ1) is 12.6. The van der Waals surface area contributed by atoms with Gasteiger partial charge in [0.25, 0.3) is 0 Å². The van der Waals surface area contributed by atoms with Gasteiger partial charge in [-0.05, 0) is 37.1 Å². The lowest BCUT2D eigenvalue weighted by atomic mass is 10.1. The van der Waals surface area contributed by atoms with Crippen LogP contribution in [0.2, 0.25) is 0 Å². The Labute approximate surface area is 107 Å². The molecular formula is C13H18N4O. The Hall–Kier alpha value is -1.88. The van der Waals surface area contributed by atoms with E-state index in [0.717, 1.165) is 25.1 Å². The second-order valence-electron chi connectivity index (χ2n) is 4.08. The van der Waals surface area contributed by atoms with Crippen molar-refractivity contribution >= 4 is 0 Å². The van der Waals surface area contributed by atoms with E-state index in [9.17, 15) is 0 Å². The molecular weight excluding hydrogens is 228 g/mol. The average Bonchev–Trinajstić information content (AvgIpc) is 2.80. The first-order valence-corrected chi connectivity index (χ1v) is 6.19. The van der Waals surface area contributed by atoms with Crippen molar-refractivity contribution in [2.45, 2.75) is 26.3 Å². The number of hydrogen-bond acceptors (Lipinski definition) is 4. The molecule has 0 atom stereocenters. The van der Waals surface area contributed by atoms with Crippen molar-refractivity contribution < 1.29 is 4.74 Å². The van der Waals surface area contributed by atoms with Crippen LogP contribution in [0.4, 0.5) is 0 Å². The summed E-state index contributed by atoms with van der Waals surface area (Å²) >= 11 is 0. The first-order chi connectivity index (χ1) is 8.83. The number of hydrogen-bond donors (Lipinski definition) is 1. The van der Waals surface area contributed by atoms with E-state index in [2.05, 4.69) is 17.2 Å². The number of nitrogens with zero attached hydrogens (tertiary/aromatic N) is 3. The lowest BCUT2D eigenvalue weighted by Crippen LogP contribution is -2.03. The van der Waals surface area contributed by atoms with E-state index >= 15 is 0 Å². The highest BCUT2D eigenvalue weighted by molar-refractivity contribution is 5.30. The summed E-state index contributed by atoms with van der Waals surface area (Å²) < 4.78 is 7.50. The molecule has 0 aliphatic carbocycles. The van der Waals surface area contributed by atoms with E-state index in [1.807, 2.05) is 24.3 Å². The van der Waals surface area contributed by atoms with Crippen LogP contribution in [0.25, 0.3) is 0 Å². The summed E-state index contributed by atoms with van der Waals surface area (Å²) in [6.45, 7) is 3.56. The highest BCUT2D eigenvalue weighted by Gasteiger charge is 2.05. The minimum atomic E-state index is 0.660. The van der Waals surface area contributed by atoms with E-state index < -0.39 is 0 Å². The third-order valence-corrected chi connectivity index (χ3v) is 2.60. The first-order valence-electron chi connectivity index (χ1n) is 6.19. The smallest absolute Gasteiger partial charge is 0.238 e. The van der Waals surface area contributed by atoms with Gasteiger partial charge in [0, 0.05) is 6.54 Å². The number of rotatable bonds is 6. The standard InChI is InChI=1S/C13H18N4O/c1-2-9-17-13(10-15-16-17)18-12-5-3-11(4-6-12)7-8-14/h3-6,10H,2,7-9,14H2,1H3. The van der Waals surface area contributed by atoms with Crippen LogP contribution in [0.5, 0.6) is 11.6 Å². The van der Waals surface area contributed by atoms with Crippen LogP contribution < -0.4 is 10.5 Å². The van der Waals surface area contributed by atoms with E-state index in [4.69, 9.17) is 10.5 Å². The Morgan fingerprint density at radius 1 is 1.28 bits per heavy atom. The van der Waals surface area contributed by atoms with Crippen molar-refractivity contribution in [2.75, 3.05) is 6.54 Å². The van der Waals surface area contributed by atoms with Crippen molar-refractivity contribution in [1.82, 2.24) is 15.0 Å². The van der Waals surface area contributed by atoms with Gasteiger partial charge in [0.15, 0.2) is 0 Å². The molecule has 0 saturated heterocycles. The molecule has 96 valence electrons. The maximum Gasteiger partial charge on any atom is 0.238 e. The van der Waals surface area contributed by atoms with Gasteiger partial charge in [0.1, 0.15) is 11.9 Å². The molecule has 0 radical (unpaired) electrons. The van der Waals surface area contributed by atoms with Crippen LogP contribution in [-0.2, 0) is 13.0 Å². The third-order valence-electron chi connectivity index (χ3n) is 2.60. The summed E-state index contributed by atoms with van der Waals surface area (Å²) in [6, 6.07) is 7.93. The fourth-order valence-corrected chi connectivity index (χ4v) is 1.71. The SMILES string of the molecule is CCCn1nncc1Oc1ccc(CCN)cc1. The summed E-state index contributed by atoms with van der Waals surface area (Å²) in [5, 5.41) is 7.83. The lowest BCUT2D eigenvalue weighted by Gasteiger charge is -2.07. The molecule has 18 heavy (non-hydrogen) atoms. The summed E-state index contributed by atoms with van der Waals surface area (Å²) in [5.74, 6) is 1.46. The lowest BCUT2D eigenvalue weighted by molar-refractivity contribution is 0.407. The Balaban J connectivity index is 2.06.